The number of carbonyl (C=O) groups excluding carboxylic acids is 2. The largest absolute Gasteiger partial charge is 0.479 e. The third-order valence-electron chi connectivity index (χ3n) is 2.81. The van der Waals surface area contributed by atoms with Gasteiger partial charge in [-0.1, -0.05) is 0 Å². The molecule has 2 aromatic rings. The van der Waals surface area contributed by atoms with E-state index in [1.807, 2.05) is 6.92 Å². The molecule has 0 unspecified atom stereocenters. The van der Waals surface area contributed by atoms with E-state index >= 15 is 0 Å². The number of nitrogens with one attached hydrogen (secondary N) is 1. The van der Waals surface area contributed by atoms with Gasteiger partial charge < -0.3 is 15.0 Å². The third-order valence-corrected chi connectivity index (χ3v) is 3.64. The molecule has 0 aromatic carbocycles. The topological polar surface area (TPSA) is 89.4 Å². The van der Waals surface area contributed by atoms with Crippen LogP contribution in [0.2, 0.25) is 0 Å². The van der Waals surface area contributed by atoms with Crippen molar-refractivity contribution < 1.29 is 14.3 Å². The first-order chi connectivity index (χ1) is 10.4. The molecule has 2 heterocycles. The Morgan fingerprint density at radius 3 is 2.82 bits per heavy atom. The number of carbonyl (C=O) groups is 2. The average molecular weight is 323 g/mol. The summed E-state index contributed by atoms with van der Waals surface area (Å²) in [7, 11) is 4.68. The number of aromatic nitrogens is 3. The van der Waals surface area contributed by atoms with Gasteiger partial charge in [-0.2, -0.15) is 0 Å². The van der Waals surface area contributed by atoms with Crippen LogP contribution in [0.3, 0.4) is 0 Å². The summed E-state index contributed by atoms with van der Waals surface area (Å²) in [5, 5.41) is 7.19. The molecule has 22 heavy (non-hydrogen) atoms. The number of hydrogen-bond acceptors (Lipinski definition) is 6. The lowest BCUT2D eigenvalue weighted by Gasteiger charge is -2.15. The van der Waals surface area contributed by atoms with E-state index in [1.54, 1.807) is 26.5 Å². The average Bonchev–Trinajstić information content (AvgIpc) is 3.03. The maximum absolute atomic E-state index is 12.3. The van der Waals surface area contributed by atoms with Gasteiger partial charge in [0.2, 0.25) is 11.8 Å². The van der Waals surface area contributed by atoms with Crippen molar-refractivity contribution in [3.8, 4) is 5.88 Å². The van der Waals surface area contributed by atoms with Crippen molar-refractivity contribution in [2.24, 2.45) is 7.05 Å². The highest BCUT2D eigenvalue weighted by Crippen LogP contribution is 2.18. The fourth-order valence-corrected chi connectivity index (χ4v) is 2.51. The summed E-state index contributed by atoms with van der Waals surface area (Å²) in [4.78, 5) is 30.6. The summed E-state index contributed by atoms with van der Waals surface area (Å²) in [5.41, 5.74) is 0.311. The molecule has 0 atom stereocenters. The second-order valence-electron chi connectivity index (χ2n) is 4.71. The molecule has 0 saturated heterocycles. The first-order valence-electron chi connectivity index (χ1n) is 6.46. The summed E-state index contributed by atoms with van der Waals surface area (Å²) in [6.45, 7) is 1.81. The first-order valence-corrected chi connectivity index (χ1v) is 7.27. The lowest BCUT2D eigenvalue weighted by Crippen LogP contribution is -2.34. The number of thiazole rings is 1. The Labute approximate surface area is 131 Å². The van der Waals surface area contributed by atoms with Crippen molar-refractivity contribution in [3.05, 3.63) is 22.8 Å². The Balaban J connectivity index is 2.00. The zero-order valence-electron chi connectivity index (χ0n) is 12.8. The highest BCUT2D eigenvalue weighted by molar-refractivity contribution is 7.15. The molecule has 1 N–H and O–H groups in total. The SMILES string of the molecule is COc1nn(C)cc1C(=O)N(C)CC(=O)Nc1ncc(C)s1. The summed E-state index contributed by atoms with van der Waals surface area (Å²) < 4.78 is 6.54. The highest BCUT2D eigenvalue weighted by atomic mass is 32.1. The van der Waals surface area contributed by atoms with Gasteiger partial charge in [0, 0.05) is 31.4 Å². The molecule has 0 fully saturated rings. The fraction of sp³-hybridized carbons (Fsp3) is 0.385. The minimum Gasteiger partial charge on any atom is -0.479 e. The van der Waals surface area contributed by atoms with E-state index in [2.05, 4.69) is 15.4 Å². The molecular weight excluding hydrogens is 306 g/mol. The number of likely N-dealkylation sites (N-methyl/N-ethyl adjacent to an activating group) is 1. The molecular formula is C13H17N5O3S. The number of nitrogens with zero attached hydrogens (tertiary/aromatic N) is 4. The van der Waals surface area contributed by atoms with E-state index in [9.17, 15) is 9.59 Å². The van der Waals surface area contributed by atoms with Gasteiger partial charge >= 0.3 is 0 Å². The van der Waals surface area contributed by atoms with Crippen LogP contribution in [0.15, 0.2) is 12.4 Å². The maximum atomic E-state index is 12.3. The Morgan fingerprint density at radius 2 is 2.23 bits per heavy atom. The van der Waals surface area contributed by atoms with E-state index in [4.69, 9.17) is 4.74 Å². The van der Waals surface area contributed by atoms with Gasteiger partial charge in [0.25, 0.3) is 5.91 Å². The van der Waals surface area contributed by atoms with Crippen LogP contribution in [0.5, 0.6) is 5.88 Å². The summed E-state index contributed by atoms with van der Waals surface area (Å²) in [5.74, 6) is -0.418. The highest BCUT2D eigenvalue weighted by Gasteiger charge is 2.21. The van der Waals surface area contributed by atoms with Crippen molar-refractivity contribution >= 4 is 28.3 Å². The number of ether oxygens (including phenoxy) is 1. The van der Waals surface area contributed by atoms with Crippen molar-refractivity contribution in [2.45, 2.75) is 6.92 Å². The number of amides is 2. The van der Waals surface area contributed by atoms with Crippen LogP contribution in [-0.4, -0.2) is 52.2 Å². The van der Waals surface area contributed by atoms with Crippen LogP contribution in [0.1, 0.15) is 15.2 Å². The molecule has 2 aromatic heterocycles. The molecule has 0 bridgehead atoms. The standard InChI is InChI=1S/C13H17N5O3S/c1-8-5-14-13(22-8)15-10(19)7-17(2)12(20)9-6-18(3)16-11(9)21-4/h5-6H,7H2,1-4H3,(H,14,15,19). The Bertz CT molecular complexity index is 694. The van der Waals surface area contributed by atoms with Crippen molar-refractivity contribution in [1.29, 1.82) is 0 Å². The number of methoxy groups -OCH3 is 1. The lowest BCUT2D eigenvalue weighted by atomic mass is 10.3. The second kappa shape index (κ2) is 6.56. The fourth-order valence-electron chi connectivity index (χ4n) is 1.83. The molecule has 0 aliphatic carbocycles. The molecule has 0 radical (unpaired) electrons. The van der Waals surface area contributed by atoms with Crippen LogP contribution < -0.4 is 10.1 Å². The first kappa shape index (κ1) is 16.0. The van der Waals surface area contributed by atoms with Crippen molar-refractivity contribution in [3.63, 3.8) is 0 Å². The van der Waals surface area contributed by atoms with E-state index in [1.165, 1.54) is 28.0 Å². The molecule has 2 amide bonds. The van der Waals surface area contributed by atoms with Crippen molar-refractivity contribution in [2.75, 3.05) is 26.0 Å². The van der Waals surface area contributed by atoms with Gasteiger partial charge in [0.15, 0.2) is 5.13 Å². The predicted octanol–water partition coefficient (Wildman–Crippen LogP) is 0.904. The summed E-state index contributed by atoms with van der Waals surface area (Å²) >= 11 is 1.38. The number of rotatable bonds is 5. The van der Waals surface area contributed by atoms with Gasteiger partial charge in [-0.25, -0.2) is 4.98 Å². The van der Waals surface area contributed by atoms with E-state index in [0.29, 0.717) is 10.7 Å². The zero-order chi connectivity index (χ0) is 16.3. The van der Waals surface area contributed by atoms with Crippen LogP contribution in [-0.2, 0) is 11.8 Å². The maximum Gasteiger partial charge on any atom is 0.261 e. The van der Waals surface area contributed by atoms with Crippen LogP contribution in [0.25, 0.3) is 0 Å². The van der Waals surface area contributed by atoms with E-state index in [0.717, 1.165) is 4.88 Å². The lowest BCUT2D eigenvalue weighted by molar-refractivity contribution is -0.116. The minimum absolute atomic E-state index is 0.0878. The smallest absolute Gasteiger partial charge is 0.261 e. The molecule has 0 spiro atoms. The summed E-state index contributed by atoms with van der Waals surface area (Å²) in [6.07, 6.45) is 3.23. The molecule has 0 aliphatic rings. The van der Waals surface area contributed by atoms with Gasteiger partial charge in [-0.05, 0) is 6.92 Å². The number of aryl methyl sites for hydroxylation is 2. The predicted molar refractivity (Wildman–Crippen MR) is 82.2 cm³/mol. The van der Waals surface area contributed by atoms with Crippen LogP contribution in [0, 0.1) is 6.92 Å². The van der Waals surface area contributed by atoms with Gasteiger partial charge in [-0.3, -0.25) is 14.3 Å². The van der Waals surface area contributed by atoms with Gasteiger partial charge in [0.1, 0.15) is 5.56 Å². The molecule has 8 nitrogen and oxygen atoms in total. The van der Waals surface area contributed by atoms with Gasteiger partial charge in [-0.15, -0.1) is 16.4 Å². The Hall–Kier alpha value is -2.42. The normalized spacial score (nSPS) is 10.4. The Kier molecular flexibility index (Phi) is 4.76. The third kappa shape index (κ3) is 3.61. The summed E-state index contributed by atoms with van der Waals surface area (Å²) in [6, 6.07) is 0. The molecule has 2 rings (SSSR count). The second-order valence-corrected chi connectivity index (χ2v) is 5.95. The van der Waals surface area contributed by atoms with Gasteiger partial charge in [0.05, 0.1) is 13.7 Å². The molecule has 118 valence electrons. The van der Waals surface area contributed by atoms with Crippen LogP contribution in [0.4, 0.5) is 5.13 Å². The van der Waals surface area contributed by atoms with Crippen LogP contribution >= 0.6 is 11.3 Å². The quantitative estimate of drug-likeness (QED) is 0.883. The zero-order valence-corrected chi connectivity index (χ0v) is 13.6. The molecule has 0 aliphatic heterocycles. The Morgan fingerprint density at radius 1 is 1.50 bits per heavy atom. The van der Waals surface area contributed by atoms with Crippen molar-refractivity contribution in [1.82, 2.24) is 19.7 Å². The number of anilines is 1. The molecule has 0 saturated carbocycles. The molecule has 9 heteroatoms. The van der Waals surface area contributed by atoms with E-state index < -0.39 is 0 Å². The van der Waals surface area contributed by atoms with E-state index in [-0.39, 0.29) is 24.2 Å². The monoisotopic (exact) mass is 323 g/mol. The minimum atomic E-state index is -0.338. The number of hydrogen-bond donors (Lipinski definition) is 1.